The van der Waals surface area contributed by atoms with Crippen LogP contribution < -0.4 is 10.6 Å². The average Bonchev–Trinajstić information content (AvgIpc) is 2.60. The Hall–Kier alpha value is -2.48. The van der Waals surface area contributed by atoms with Crippen LogP contribution >= 0.6 is 0 Å². The van der Waals surface area contributed by atoms with E-state index in [4.69, 9.17) is 0 Å². The van der Waals surface area contributed by atoms with Crippen molar-refractivity contribution < 1.29 is 0 Å². The predicted molar refractivity (Wildman–Crippen MR) is 118 cm³/mol. The Morgan fingerprint density at radius 3 is 2.23 bits per heavy atom. The molecule has 0 aromatic carbocycles. The molecule has 0 rings (SSSR count). The highest BCUT2D eigenvalue weighted by molar-refractivity contribution is 5.25. The van der Waals surface area contributed by atoms with Crippen LogP contribution in [0.1, 0.15) is 34.1 Å². The Bertz CT molecular complexity index is 569. The molecule has 0 aliphatic heterocycles. The molecule has 0 radical (unpaired) electrons. The molecule has 0 spiro atoms. The molecular formula is C24H36N2. The third kappa shape index (κ3) is 11.1. The number of hydrogen-bond donors (Lipinski definition) is 2. The minimum atomic E-state index is 0.474. The first-order chi connectivity index (χ1) is 12.5. The SMILES string of the molecule is C=C/C=C(\C=C\N/C=C/C=C(\C=C)C(C)C)N/C=C/CC(C=C)C(C)C. The van der Waals surface area contributed by atoms with Gasteiger partial charge in [0.05, 0.1) is 0 Å². The van der Waals surface area contributed by atoms with Crippen LogP contribution in [0.5, 0.6) is 0 Å². The maximum atomic E-state index is 3.90. The molecule has 2 N–H and O–H groups in total. The fourth-order valence-corrected chi connectivity index (χ4v) is 2.20. The summed E-state index contributed by atoms with van der Waals surface area (Å²) in [6.07, 6.45) is 22.5. The summed E-state index contributed by atoms with van der Waals surface area (Å²) < 4.78 is 0. The van der Waals surface area contributed by atoms with Gasteiger partial charge in [-0.1, -0.05) is 71.2 Å². The van der Waals surface area contributed by atoms with Gasteiger partial charge in [0, 0.05) is 18.1 Å². The van der Waals surface area contributed by atoms with Gasteiger partial charge in [-0.15, -0.1) is 6.58 Å². The molecule has 142 valence electrons. The molecule has 1 unspecified atom stereocenters. The second-order valence-corrected chi connectivity index (χ2v) is 6.67. The lowest BCUT2D eigenvalue weighted by atomic mass is 9.93. The third-order valence-corrected chi connectivity index (χ3v) is 3.98. The molecule has 0 saturated carbocycles. The standard InChI is InChI=1S/C24H36N2/c1-8-13-24(26-18-12-15-23(10-3)21(6)7)16-19-25-17-11-14-22(9-2)20(4)5/h8-14,16-21,23,25-26H,1-3,15H2,4-7H3/b17-11+,18-12+,19-16+,22-14+,24-13+. The quantitative estimate of drug-likeness (QED) is 0.296. The zero-order valence-corrected chi connectivity index (χ0v) is 16.9. The smallest absolute Gasteiger partial charge is 0.0393 e. The highest BCUT2D eigenvalue weighted by atomic mass is 14.9. The average molecular weight is 353 g/mol. The van der Waals surface area contributed by atoms with Gasteiger partial charge in [-0.3, -0.25) is 0 Å². The first-order valence-electron chi connectivity index (χ1n) is 9.24. The maximum absolute atomic E-state index is 3.90. The van der Waals surface area contributed by atoms with Gasteiger partial charge in [0.25, 0.3) is 0 Å². The zero-order valence-electron chi connectivity index (χ0n) is 16.9. The van der Waals surface area contributed by atoms with Crippen molar-refractivity contribution in [3.8, 4) is 0 Å². The molecule has 2 heteroatoms. The van der Waals surface area contributed by atoms with E-state index in [1.54, 1.807) is 6.08 Å². The Balaban J connectivity index is 4.54. The molecule has 0 aromatic rings. The molecule has 0 aliphatic carbocycles. The lowest BCUT2D eigenvalue weighted by Crippen LogP contribution is -2.06. The van der Waals surface area contributed by atoms with Crippen LogP contribution in [-0.2, 0) is 0 Å². The van der Waals surface area contributed by atoms with Gasteiger partial charge < -0.3 is 10.6 Å². The van der Waals surface area contributed by atoms with Crippen molar-refractivity contribution in [2.24, 2.45) is 17.8 Å². The minimum Gasteiger partial charge on any atom is -0.368 e. The van der Waals surface area contributed by atoms with Crippen LogP contribution in [0.25, 0.3) is 0 Å². The molecule has 0 aromatic heterocycles. The van der Waals surface area contributed by atoms with E-state index < -0.39 is 0 Å². The summed E-state index contributed by atoms with van der Waals surface area (Å²) in [5.41, 5.74) is 2.17. The van der Waals surface area contributed by atoms with Crippen LogP contribution in [0.3, 0.4) is 0 Å². The summed E-state index contributed by atoms with van der Waals surface area (Å²) in [5, 5.41) is 6.40. The summed E-state index contributed by atoms with van der Waals surface area (Å²) in [7, 11) is 0. The molecular weight excluding hydrogens is 316 g/mol. The van der Waals surface area contributed by atoms with Gasteiger partial charge in [-0.25, -0.2) is 0 Å². The van der Waals surface area contributed by atoms with E-state index in [-0.39, 0.29) is 0 Å². The number of allylic oxidation sites excluding steroid dienone is 9. The van der Waals surface area contributed by atoms with E-state index in [1.807, 2.05) is 49.0 Å². The van der Waals surface area contributed by atoms with Crippen molar-refractivity contribution in [3.05, 3.63) is 98.2 Å². The molecule has 0 saturated heterocycles. The van der Waals surface area contributed by atoms with Gasteiger partial charge in [0.15, 0.2) is 0 Å². The molecule has 0 bridgehead atoms. The van der Waals surface area contributed by atoms with Crippen LogP contribution in [0.4, 0.5) is 0 Å². The first-order valence-corrected chi connectivity index (χ1v) is 9.24. The Morgan fingerprint density at radius 1 is 0.962 bits per heavy atom. The second kappa shape index (κ2) is 14.8. The lowest BCUT2D eigenvalue weighted by molar-refractivity contribution is 0.471. The molecule has 0 heterocycles. The topological polar surface area (TPSA) is 24.1 Å². The van der Waals surface area contributed by atoms with E-state index in [2.05, 4.69) is 70.2 Å². The fourth-order valence-electron chi connectivity index (χ4n) is 2.20. The van der Waals surface area contributed by atoms with Crippen molar-refractivity contribution in [3.63, 3.8) is 0 Å². The molecule has 0 aliphatic rings. The van der Waals surface area contributed by atoms with Crippen LogP contribution in [0.15, 0.2) is 98.2 Å². The highest BCUT2D eigenvalue weighted by Crippen LogP contribution is 2.16. The molecule has 2 nitrogen and oxygen atoms in total. The molecule has 1 atom stereocenters. The monoisotopic (exact) mass is 352 g/mol. The molecule has 0 fully saturated rings. The van der Waals surface area contributed by atoms with Crippen molar-refractivity contribution in [2.75, 3.05) is 0 Å². The Kier molecular flexibility index (Phi) is 13.4. The second-order valence-electron chi connectivity index (χ2n) is 6.67. The van der Waals surface area contributed by atoms with Crippen LogP contribution in [0, 0.1) is 17.8 Å². The minimum absolute atomic E-state index is 0.474. The normalized spacial score (nSPS) is 14.5. The molecule has 0 amide bonds. The first kappa shape index (κ1) is 23.5. The van der Waals surface area contributed by atoms with Crippen molar-refractivity contribution >= 4 is 0 Å². The number of rotatable bonds is 13. The van der Waals surface area contributed by atoms with Crippen LogP contribution in [-0.4, -0.2) is 0 Å². The van der Waals surface area contributed by atoms with Crippen molar-refractivity contribution in [1.29, 1.82) is 0 Å². The Morgan fingerprint density at radius 2 is 1.69 bits per heavy atom. The number of nitrogens with one attached hydrogen (secondary N) is 2. The van der Waals surface area contributed by atoms with E-state index >= 15 is 0 Å². The molecule has 26 heavy (non-hydrogen) atoms. The van der Waals surface area contributed by atoms with Gasteiger partial charge in [0.1, 0.15) is 0 Å². The van der Waals surface area contributed by atoms with Gasteiger partial charge in [-0.05, 0) is 54.2 Å². The summed E-state index contributed by atoms with van der Waals surface area (Å²) in [6, 6.07) is 0. The fraction of sp³-hybridized carbons (Fsp3) is 0.333. The van der Waals surface area contributed by atoms with Gasteiger partial charge in [0.2, 0.25) is 0 Å². The van der Waals surface area contributed by atoms with Crippen molar-refractivity contribution in [1.82, 2.24) is 10.6 Å². The van der Waals surface area contributed by atoms with E-state index in [1.165, 1.54) is 5.57 Å². The van der Waals surface area contributed by atoms with E-state index in [0.29, 0.717) is 17.8 Å². The van der Waals surface area contributed by atoms with Gasteiger partial charge in [-0.2, -0.15) is 0 Å². The van der Waals surface area contributed by atoms with Crippen LogP contribution in [0.2, 0.25) is 0 Å². The van der Waals surface area contributed by atoms with Crippen molar-refractivity contribution in [2.45, 2.75) is 34.1 Å². The predicted octanol–water partition coefficient (Wildman–Crippen LogP) is 6.39. The maximum Gasteiger partial charge on any atom is 0.0393 e. The van der Waals surface area contributed by atoms with Gasteiger partial charge >= 0.3 is 0 Å². The Labute approximate surface area is 161 Å². The summed E-state index contributed by atoms with van der Waals surface area (Å²) in [5.74, 6) is 1.58. The zero-order chi connectivity index (χ0) is 19.8. The summed E-state index contributed by atoms with van der Waals surface area (Å²) in [4.78, 5) is 0. The van der Waals surface area contributed by atoms with E-state index in [9.17, 15) is 0 Å². The largest absolute Gasteiger partial charge is 0.368 e. The van der Waals surface area contributed by atoms with E-state index in [0.717, 1.165) is 12.1 Å². The lowest BCUT2D eigenvalue weighted by Gasteiger charge is -2.13. The highest BCUT2D eigenvalue weighted by Gasteiger charge is 2.05. The summed E-state index contributed by atoms with van der Waals surface area (Å²) >= 11 is 0. The third-order valence-electron chi connectivity index (χ3n) is 3.98. The number of hydrogen-bond acceptors (Lipinski definition) is 2. The summed E-state index contributed by atoms with van der Waals surface area (Å²) in [6.45, 7) is 20.2.